The lowest BCUT2D eigenvalue weighted by atomic mass is 10.2. The quantitative estimate of drug-likeness (QED) is 0.471. The largest absolute Gasteiger partial charge is 0.466 e. The van der Waals surface area contributed by atoms with E-state index in [-0.39, 0.29) is 4.90 Å². The first-order chi connectivity index (χ1) is 11.4. The van der Waals surface area contributed by atoms with Crippen LogP contribution in [0.25, 0.3) is 6.08 Å². The second-order valence-electron chi connectivity index (χ2n) is 4.60. The van der Waals surface area contributed by atoms with Gasteiger partial charge in [0.15, 0.2) is 0 Å². The molecule has 0 amide bonds. The summed E-state index contributed by atoms with van der Waals surface area (Å²) in [5.74, 6) is -1.63. The molecule has 0 radical (unpaired) electrons. The summed E-state index contributed by atoms with van der Waals surface area (Å²) in [7, 11) is -3.41. The number of benzene rings is 2. The number of hydrogen-bond donors (Lipinski definition) is 0. The smallest absolute Gasteiger partial charge is 0.330 e. The number of halogens is 2. The van der Waals surface area contributed by atoms with Crippen molar-refractivity contribution < 1.29 is 26.8 Å². The highest BCUT2D eigenvalue weighted by atomic mass is 32.2. The minimum atomic E-state index is -4.60. The number of sulfonamides is 1. The van der Waals surface area contributed by atoms with Crippen LogP contribution in [0.15, 0.2) is 59.5 Å². The van der Waals surface area contributed by atoms with Gasteiger partial charge in [-0.2, -0.15) is 8.42 Å². The van der Waals surface area contributed by atoms with Crippen molar-refractivity contribution in [2.75, 3.05) is 11.6 Å². The average Bonchev–Trinajstić information content (AvgIpc) is 2.59. The number of para-hydroxylation sites is 1. The second-order valence-corrected chi connectivity index (χ2v) is 6.34. The molecule has 5 nitrogen and oxygen atoms in total. The fourth-order valence-electron chi connectivity index (χ4n) is 1.83. The van der Waals surface area contributed by atoms with Gasteiger partial charge in [-0.05, 0) is 35.9 Å². The molecule has 0 fully saturated rings. The number of esters is 1. The minimum Gasteiger partial charge on any atom is -0.466 e. The van der Waals surface area contributed by atoms with Crippen LogP contribution >= 0.6 is 0 Å². The number of hydrogen-bond acceptors (Lipinski definition) is 4. The van der Waals surface area contributed by atoms with E-state index < -0.39 is 32.0 Å². The van der Waals surface area contributed by atoms with Gasteiger partial charge in [0.05, 0.1) is 12.0 Å². The van der Waals surface area contributed by atoms with Gasteiger partial charge in [0, 0.05) is 6.08 Å². The summed E-state index contributed by atoms with van der Waals surface area (Å²) in [5, 5.41) is 0. The maximum atomic E-state index is 14.3. The SMILES string of the molecule is COC(=O)C=Cc1cccc(S(=O)(=O)N(F)c2ccccc2F)c1. The Hall–Kier alpha value is -2.74. The third-order valence-corrected chi connectivity index (χ3v) is 4.49. The van der Waals surface area contributed by atoms with E-state index in [9.17, 15) is 22.1 Å². The molecule has 0 atom stereocenters. The molecule has 2 aromatic carbocycles. The molecule has 0 heterocycles. The Morgan fingerprint density at radius 2 is 1.88 bits per heavy atom. The minimum absolute atomic E-state index is 0.336. The Kier molecular flexibility index (Phi) is 5.30. The van der Waals surface area contributed by atoms with Gasteiger partial charge < -0.3 is 4.74 Å². The van der Waals surface area contributed by atoms with E-state index in [4.69, 9.17) is 0 Å². The molecule has 0 unspecified atom stereocenters. The normalized spacial score (nSPS) is 11.5. The van der Waals surface area contributed by atoms with E-state index in [1.54, 1.807) is 0 Å². The summed E-state index contributed by atoms with van der Waals surface area (Å²) in [6, 6.07) is 9.80. The molecular weight excluding hydrogens is 340 g/mol. The molecule has 0 aliphatic rings. The molecule has 0 saturated carbocycles. The third-order valence-electron chi connectivity index (χ3n) is 3.02. The maximum Gasteiger partial charge on any atom is 0.330 e. The molecule has 126 valence electrons. The highest BCUT2D eigenvalue weighted by Gasteiger charge is 2.27. The van der Waals surface area contributed by atoms with Crippen LogP contribution in [0, 0.1) is 5.82 Å². The number of carbonyl (C=O) groups excluding carboxylic acids is 1. The Balaban J connectivity index is 2.38. The van der Waals surface area contributed by atoms with Crippen molar-refractivity contribution >= 4 is 27.8 Å². The fourth-order valence-corrected chi connectivity index (χ4v) is 2.95. The number of rotatable bonds is 5. The lowest BCUT2D eigenvalue weighted by molar-refractivity contribution is -0.134. The predicted octanol–water partition coefficient (Wildman–Crippen LogP) is 3.09. The molecule has 0 spiro atoms. The summed E-state index contributed by atoms with van der Waals surface area (Å²) in [6.07, 6.45) is 2.41. The first kappa shape index (κ1) is 17.6. The molecule has 0 saturated heterocycles. The van der Waals surface area contributed by atoms with E-state index in [0.717, 1.165) is 30.3 Å². The number of ether oxygens (including phenoxy) is 1. The van der Waals surface area contributed by atoms with Crippen LogP contribution in [0.3, 0.4) is 0 Å². The molecule has 0 aliphatic heterocycles. The van der Waals surface area contributed by atoms with Crippen molar-refractivity contribution in [2.45, 2.75) is 4.90 Å². The Morgan fingerprint density at radius 1 is 1.17 bits per heavy atom. The van der Waals surface area contributed by atoms with E-state index >= 15 is 0 Å². The van der Waals surface area contributed by atoms with Crippen molar-refractivity contribution in [3.63, 3.8) is 0 Å². The lowest BCUT2D eigenvalue weighted by Crippen LogP contribution is -2.23. The monoisotopic (exact) mass is 353 g/mol. The molecular formula is C16H13F2NO4S. The van der Waals surface area contributed by atoms with Crippen molar-refractivity contribution in [2.24, 2.45) is 0 Å². The van der Waals surface area contributed by atoms with Gasteiger partial charge in [-0.25, -0.2) is 9.18 Å². The van der Waals surface area contributed by atoms with Crippen molar-refractivity contribution in [1.82, 2.24) is 0 Å². The molecule has 0 aliphatic carbocycles. The van der Waals surface area contributed by atoms with Crippen molar-refractivity contribution in [1.29, 1.82) is 0 Å². The molecule has 8 heteroatoms. The summed E-state index contributed by atoms with van der Waals surface area (Å²) in [4.78, 5) is 10.7. The van der Waals surface area contributed by atoms with Crippen LogP contribution in [0.4, 0.5) is 14.6 Å². The van der Waals surface area contributed by atoms with Gasteiger partial charge in [-0.3, -0.25) is 0 Å². The summed E-state index contributed by atoms with van der Waals surface area (Å²) in [5.41, 5.74) is -0.378. The van der Waals surface area contributed by atoms with Gasteiger partial charge in [-0.15, -0.1) is 0 Å². The van der Waals surface area contributed by atoms with Gasteiger partial charge in [0.1, 0.15) is 11.5 Å². The van der Waals surface area contributed by atoms with Crippen molar-refractivity contribution in [3.05, 3.63) is 66.0 Å². The fraction of sp³-hybridized carbons (Fsp3) is 0.0625. The van der Waals surface area contributed by atoms with Gasteiger partial charge >= 0.3 is 5.97 Å². The standard InChI is InChI=1S/C16H13F2NO4S/c1-23-16(20)10-9-12-5-4-6-13(11-12)24(21,22)19(18)15-8-3-2-7-14(15)17/h2-11H,1H3. The van der Waals surface area contributed by atoms with Crippen LogP contribution in [0.1, 0.15) is 5.56 Å². The number of carbonyl (C=O) groups is 1. The van der Waals surface area contributed by atoms with Crippen molar-refractivity contribution in [3.8, 4) is 0 Å². The molecule has 0 aromatic heterocycles. The zero-order valence-corrected chi connectivity index (χ0v) is 13.3. The first-order valence-corrected chi connectivity index (χ1v) is 8.12. The Morgan fingerprint density at radius 3 is 2.54 bits per heavy atom. The number of nitrogens with zero attached hydrogens (tertiary/aromatic N) is 1. The summed E-state index contributed by atoms with van der Waals surface area (Å²) in [6.45, 7) is 0. The van der Waals surface area contributed by atoms with Crippen LogP contribution in [-0.4, -0.2) is 21.5 Å². The number of anilines is 1. The first-order valence-electron chi connectivity index (χ1n) is 6.68. The average molecular weight is 353 g/mol. The zero-order valence-electron chi connectivity index (χ0n) is 12.5. The topological polar surface area (TPSA) is 63.7 Å². The highest BCUT2D eigenvalue weighted by Crippen LogP contribution is 2.27. The molecule has 24 heavy (non-hydrogen) atoms. The lowest BCUT2D eigenvalue weighted by Gasteiger charge is -2.15. The van der Waals surface area contributed by atoms with Crippen LogP contribution in [0.2, 0.25) is 0 Å². The summed E-state index contributed by atoms with van der Waals surface area (Å²) < 4.78 is 56.3. The van der Waals surface area contributed by atoms with Gasteiger partial charge in [0.2, 0.25) is 0 Å². The second kappa shape index (κ2) is 7.22. The van der Waals surface area contributed by atoms with Crippen LogP contribution in [0.5, 0.6) is 0 Å². The third kappa shape index (κ3) is 3.77. The van der Waals surface area contributed by atoms with Crippen LogP contribution in [-0.2, 0) is 19.6 Å². The van der Waals surface area contributed by atoms with E-state index in [1.807, 2.05) is 0 Å². The Labute approximate surface area is 137 Å². The highest BCUT2D eigenvalue weighted by molar-refractivity contribution is 7.92. The number of methoxy groups -OCH3 is 1. The summed E-state index contributed by atoms with van der Waals surface area (Å²) >= 11 is 0. The van der Waals surface area contributed by atoms with E-state index in [2.05, 4.69) is 4.74 Å². The van der Waals surface area contributed by atoms with Gasteiger partial charge in [-0.1, -0.05) is 33.3 Å². The van der Waals surface area contributed by atoms with Crippen LogP contribution < -0.4 is 4.53 Å². The van der Waals surface area contributed by atoms with E-state index in [1.165, 1.54) is 37.5 Å². The molecule has 0 bridgehead atoms. The zero-order chi connectivity index (χ0) is 17.7. The molecule has 2 rings (SSSR count). The molecule has 2 aromatic rings. The van der Waals surface area contributed by atoms with E-state index in [0.29, 0.717) is 5.56 Å². The molecule has 0 N–H and O–H groups in total. The van der Waals surface area contributed by atoms with Gasteiger partial charge in [0.25, 0.3) is 10.0 Å². The maximum absolute atomic E-state index is 14.3. The predicted molar refractivity (Wildman–Crippen MR) is 84.7 cm³/mol. The Bertz CT molecular complexity index is 881.